The topological polar surface area (TPSA) is 49.6 Å². The molecule has 2 aromatic carbocycles. The van der Waals surface area contributed by atoms with Crippen LogP contribution in [0.4, 0.5) is 8.78 Å². The molecule has 168 valence electrons. The highest BCUT2D eigenvalue weighted by Gasteiger charge is 2.36. The van der Waals surface area contributed by atoms with Crippen molar-refractivity contribution in [1.29, 1.82) is 0 Å². The maximum absolute atomic E-state index is 13.6. The van der Waals surface area contributed by atoms with Crippen LogP contribution in [0.3, 0.4) is 0 Å². The molecule has 1 amide bonds. The molecule has 1 heterocycles. The van der Waals surface area contributed by atoms with Gasteiger partial charge in [-0.25, -0.2) is 8.78 Å². The molecule has 2 N–H and O–H groups in total. The molecule has 0 saturated carbocycles. The molecular formula is C25H33F2N3O. The van der Waals surface area contributed by atoms with Gasteiger partial charge >= 0.3 is 0 Å². The summed E-state index contributed by atoms with van der Waals surface area (Å²) in [5.74, 6) is -0.650. The van der Waals surface area contributed by atoms with Crippen LogP contribution in [0.25, 0.3) is 0 Å². The molecule has 0 aliphatic carbocycles. The van der Waals surface area contributed by atoms with E-state index in [1.165, 1.54) is 24.3 Å². The smallest absolute Gasteiger partial charge is 0.223 e. The van der Waals surface area contributed by atoms with E-state index < -0.39 is 0 Å². The number of piperidine rings is 1. The van der Waals surface area contributed by atoms with Gasteiger partial charge in [0.15, 0.2) is 0 Å². The van der Waals surface area contributed by atoms with Gasteiger partial charge in [0.2, 0.25) is 5.91 Å². The van der Waals surface area contributed by atoms with Crippen molar-refractivity contribution < 1.29 is 13.6 Å². The number of carbonyl (C=O) groups excluding carboxylic acids is 1. The van der Waals surface area contributed by atoms with Crippen LogP contribution in [0.1, 0.15) is 43.7 Å². The second-order valence-electron chi connectivity index (χ2n) is 8.31. The van der Waals surface area contributed by atoms with Crippen molar-refractivity contribution in [3.8, 4) is 0 Å². The standard InChI is InChI=1S/C25H33F2N3O/c1-3-29(4-2)15-14-24(31)30-16-13-23(28)22(17-30)25(18-5-9-20(26)10-6-18)19-7-11-21(27)12-8-19/h5-12,22-23,25H,3-4,13-17,28H2,1-2H3. The largest absolute Gasteiger partial charge is 0.342 e. The van der Waals surface area contributed by atoms with Gasteiger partial charge in [-0.05, 0) is 54.9 Å². The van der Waals surface area contributed by atoms with Crippen molar-refractivity contribution in [2.45, 2.75) is 38.6 Å². The quantitative estimate of drug-likeness (QED) is 0.690. The normalized spacial score (nSPS) is 19.3. The molecule has 2 unspecified atom stereocenters. The number of carbonyl (C=O) groups is 1. The number of rotatable bonds is 8. The summed E-state index contributed by atoms with van der Waals surface area (Å²) in [7, 11) is 0. The van der Waals surface area contributed by atoms with Gasteiger partial charge in [-0.1, -0.05) is 38.1 Å². The highest BCUT2D eigenvalue weighted by molar-refractivity contribution is 5.76. The number of halogens is 2. The maximum atomic E-state index is 13.6. The van der Waals surface area contributed by atoms with Gasteiger partial charge in [-0.3, -0.25) is 4.79 Å². The van der Waals surface area contributed by atoms with Crippen LogP contribution in [-0.2, 0) is 4.79 Å². The van der Waals surface area contributed by atoms with E-state index in [2.05, 4.69) is 18.7 Å². The van der Waals surface area contributed by atoms with Crippen LogP contribution in [0, 0.1) is 17.6 Å². The number of nitrogens with zero attached hydrogens (tertiary/aromatic N) is 2. The van der Waals surface area contributed by atoms with Crippen LogP contribution < -0.4 is 5.73 Å². The second-order valence-corrected chi connectivity index (χ2v) is 8.31. The molecular weight excluding hydrogens is 396 g/mol. The van der Waals surface area contributed by atoms with Crippen molar-refractivity contribution >= 4 is 5.91 Å². The average Bonchev–Trinajstić information content (AvgIpc) is 2.78. The Hall–Kier alpha value is -2.31. The molecule has 1 fully saturated rings. The monoisotopic (exact) mass is 429 g/mol. The minimum atomic E-state index is -0.303. The molecule has 1 saturated heterocycles. The van der Waals surface area contributed by atoms with E-state index in [0.29, 0.717) is 25.9 Å². The van der Waals surface area contributed by atoms with Crippen LogP contribution in [0.2, 0.25) is 0 Å². The van der Waals surface area contributed by atoms with Crippen LogP contribution in [0.15, 0.2) is 48.5 Å². The Kier molecular flexibility index (Phi) is 8.15. The lowest BCUT2D eigenvalue weighted by atomic mass is 9.74. The van der Waals surface area contributed by atoms with Gasteiger partial charge in [0, 0.05) is 43.9 Å². The minimum Gasteiger partial charge on any atom is -0.342 e. The number of benzene rings is 2. The Labute approximate surface area is 184 Å². The van der Waals surface area contributed by atoms with E-state index in [1.54, 1.807) is 24.3 Å². The molecule has 1 aliphatic heterocycles. The van der Waals surface area contributed by atoms with Gasteiger partial charge in [0.05, 0.1) is 0 Å². The van der Waals surface area contributed by atoms with Gasteiger partial charge in [-0.2, -0.15) is 0 Å². The summed E-state index contributed by atoms with van der Waals surface area (Å²) in [6.45, 7) is 7.98. The van der Waals surface area contributed by atoms with Crippen molar-refractivity contribution in [2.24, 2.45) is 11.7 Å². The fourth-order valence-electron chi connectivity index (χ4n) is 4.56. The Morgan fingerprint density at radius 3 is 2.03 bits per heavy atom. The van der Waals surface area contributed by atoms with Crippen LogP contribution >= 0.6 is 0 Å². The van der Waals surface area contributed by atoms with E-state index in [-0.39, 0.29) is 35.4 Å². The predicted octanol–water partition coefficient (Wildman–Crippen LogP) is 4.00. The van der Waals surface area contributed by atoms with E-state index in [9.17, 15) is 13.6 Å². The zero-order valence-electron chi connectivity index (χ0n) is 18.4. The minimum absolute atomic E-state index is 0.0397. The summed E-state index contributed by atoms with van der Waals surface area (Å²) in [6.07, 6.45) is 1.20. The Morgan fingerprint density at radius 2 is 1.55 bits per heavy atom. The Balaban J connectivity index is 1.84. The molecule has 6 heteroatoms. The third kappa shape index (κ3) is 5.89. The SMILES string of the molecule is CCN(CC)CCC(=O)N1CCC(N)C(C(c2ccc(F)cc2)c2ccc(F)cc2)C1. The van der Waals surface area contributed by atoms with Crippen molar-refractivity contribution in [1.82, 2.24) is 9.80 Å². The van der Waals surface area contributed by atoms with Crippen LogP contribution in [-0.4, -0.2) is 54.5 Å². The number of likely N-dealkylation sites (tertiary alicyclic amines) is 1. The molecule has 1 aliphatic rings. The first kappa shape index (κ1) is 23.4. The van der Waals surface area contributed by atoms with Crippen molar-refractivity contribution in [3.63, 3.8) is 0 Å². The zero-order chi connectivity index (χ0) is 22.4. The fraction of sp³-hybridized carbons (Fsp3) is 0.480. The third-order valence-electron chi connectivity index (χ3n) is 6.49. The molecule has 0 radical (unpaired) electrons. The summed E-state index contributed by atoms with van der Waals surface area (Å²) in [4.78, 5) is 17.1. The summed E-state index contributed by atoms with van der Waals surface area (Å²) >= 11 is 0. The second kappa shape index (κ2) is 10.8. The van der Waals surface area contributed by atoms with Crippen molar-refractivity contribution in [3.05, 3.63) is 71.3 Å². The van der Waals surface area contributed by atoms with E-state index in [0.717, 1.165) is 30.8 Å². The van der Waals surface area contributed by atoms with E-state index >= 15 is 0 Å². The summed E-state index contributed by atoms with van der Waals surface area (Å²) < 4.78 is 27.1. The molecule has 0 bridgehead atoms. The molecule has 0 spiro atoms. The lowest BCUT2D eigenvalue weighted by Gasteiger charge is -2.41. The lowest BCUT2D eigenvalue weighted by Crippen LogP contribution is -2.51. The lowest BCUT2D eigenvalue weighted by molar-refractivity contribution is -0.133. The Morgan fingerprint density at radius 1 is 1.03 bits per heavy atom. The molecule has 0 aromatic heterocycles. The highest BCUT2D eigenvalue weighted by atomic mass is 19.1. The van der Waals surface area contributed by atoms with E-state index in [4.69, 9.17) is 5.73 Å². The summed E-state index contributed by atoms with van der Waals surface area (Å²) in [5.41, 5.74) is 8.39. The molecule has 4 nitrogen and oxygen atoms in total. The van der Waals surface area contributed by atoms with E-state index in [1.807, 2.05) is 4.90 Å². The molecule has 31 heavy (non-hydrogen) atoms. The molecule has 3 rings (SSSR count). The van der Waals surface area contributed by atoms with Crippen LogP contribution in [0.5, 0.6) is 0 Å². The fourth-order valence-corrected chi connectivity index (χ4v) is 4.56. The van der Waals surface area contributed by atoms with Gasteiger partial charge in [0.25, 0.3) is 0 Å². The first-order valence-corrected chi connectivity index (χ1v) is 11.2. The number of nitrogens with two attached hydrogens (primary N) is 1. The van der Waals surface area contributed by atoms with Gasteiger partial charge in [-0.15, -0.1) is 0 Å². The van der Waals surface area contributed by atoms with Gasteiger partial charge < -0.3 is 15.5 Å². The maximum Gasteiger partial charge on any atom is 0.223 e. The predicted molar refractivity (Wildman–Crippen MR) is 120 cm³/mol. The zero-order valence-corrected chi connectivity index (χ0v) is 18.4. The first-order valence-electron chi connectivity index (χ1n) is 11.2. The number of hydrogen-bond donors (Lipinski definition) is 1. The first-order chi connectivity index (χ1) is 14.9. The van der Waals surface area contributed by atoms with Gasteiger partial charge in [0.1, 0.15) is 11.6 Å². The average molecular weight is 430 g/mol. The number of hydrogen-bond acceptors (Lipinski definition) is 3. The molecule has 2 atom stereocenters. The summed E-state index contributed by atoms with van der Waals surface area (Å²) in [5, 5.41) is 0. The highest BCUT2D eigenvalue weighted by Crippen LogP contribution is 2.37. The number of amides is 1. The van der Waals surface area contributed by atoms with Crippen molar-refractivity contribution in [2.75, 3.05) is 32.7 Å². The molecule has 2 aromatic rings. The summed E-state index contributed by atoms with van der Waals surface area (Å²) in [6, 6.07) is 12.7. The third-order valence-corrected chi connectivity index (χ3v) is 6.49. The Bertz CT molecular complexity index is 791.